The molecule has 4 heteroatoms. The molecule has 0 saturated carbocycles. The van der Waals surface area contributed by atoms with E-state index in [1.54, 1.807) is 0 Å². The molecule has 0 spiro atoms. The van der Waals surface area contributed by atoms with E-state index in [2.05, 4.69) is 15.9 Å². The van der Waals surface area contributed by atoms with Crippen LogP contribution in [0.2, 0.25) is 0 Å². The van der Waals surface area contributed by atoms with Crippen LogP contribution < -0.4 is 5.73 Å². The average Bonchev–Trinajstić information content (AvgIpc) is 2.75. The van der Waals surface area contributed by atoms with Crippen molar-refractivity contribution >= 4 is 27.7 Å². The van der Waals surface area contributed by atoms with Crippen molar-refractivity contribution < 1.29 is 4.39 Å². The molecule has 2 N–H and O–H groups in total. The van der Waals surface area contributed by atoms with Gasteiger partial charge in [0.15, 0.2) is 0 Å². The zero-order valence-electron chi connectivity index (χ0n) is 8.96. The second kappa shape index (κ2) is 5.52. The van der Waals surface area contributed by atoms with E-state index >= 15 is 0 Å². The third-order valence-corrected chi connectivity index (χ3v) is 4.72. The number of halogens is 2. The summed E-state index contributed by atoms with van der Waals surface area (Å²) in [7, 11) is 0. The molecule has 0 radical (unpaired) electrons. The topological polar surface area (TPSA) is 26.0 Å². The van der Waals surface area contributed by atoms with Crippen molar-refractivity contribution in [1.82, 2.24) is 0 Å². The van der Waals surface area contributed by atoms with Crippen molar-refractivity contribution in [2.24, 2.45) is 11.7 Å². The maximum Gasteiger partial charge on any atom is 0.127 e. The Morgan fingerprint density at radius 1 is 1.56 bits per heavy atom. The van der Waals surface area contributed by atoms with E-state index in [1.165, 1.54) is 18.2 Å². The Morgan fingerprint density at radius 3 is 3.00 bits per heavy atom. The lowest BCUT2D eigenvalue weighted by Crippen LogP contribution is -2.32. The number of hydrogen-bond donors (Lipinski definition) is 1. The molecule has 1 aromatic rings. The van der Waals surface area contributed by atoms with Crippen LogP contribution in [0.1, 0.15) is 12.0 Å². The Bertz CT molecular complexity index is 366. The summed E-state index contributed by atoms with van der Waals surface area (Å²) in [6.07, 6.45) is 1.81. The first-order chi connectivity index (χ1) is 7.66. The summed E-state index contributed by atoms with van der Waals surface area (Å²) in [5.74, 6) is 2.71. The lowest BCUT2D eigenvalue weighted by molar-refractivity contribution is 0.455. The predicted octanol–water partition coefficient (Wildman–Crippen LogP) is 3.21. The first-order valence-corrected chi connectivity index (χ1v) is 7.39. The standard InChI is InChI=1S/C12H15BrFNS/c13-10-2-1-8(11(14)6-10)5-12(15)9-3-4-16-7-9/h1-2,6,9,12H,3-5,7,15H2. The molecule has 1 aromatic carbocycles. The fraction of sp³-hybridized carbons (Fsp3) is 0.500. The minimum absolute atomic E-state index is 0.0886. The van der Waals surface area contributed by atoms with Gasteiger partial charge in [0.05, 0.1) is 0 Å². The van der Waals surface area contributed by atoms with Crippen LogP contribution in [0.5, 0.6) is 0 Å². The van der Waals surface area contributed by atoms with Gasteiger partial charge < -0.3 is 5.73 Å². The molecule has 0 amide bonds. The molecule has 0 bridgehead atoms. The van der Waals surface area contributed by atoms with Crippen molar-refractivity contribution in [3.05, 3.63) is 34.1 Å². The number of nitrogens with two attached hydrogens (primary N) is 1. The molecule has 2 atom stereocenters. The van der Waals surface area contributed by atoms with Gasteiger partial charge in [-0.3, -0.25) is 0 Å². The lowest BCUT2D eigenvalue weighted by atomic mass is 9.94. The Hall–Kier alpha value is -0.0600. The van der Waals surface area contributed by atoms with Gasteiger partial charge in [0.2, 0.25) is 0 Å². The molecule has 1 heterocycles. The molecule has 16 heavy (non-hydrogen) atoms. The van der Waals surface area contributed by atoms with Gasteiger partial charge >= 0.3 is 0 Å². The Balaban J connectivity index is 2.02. The molecule has 1 nitrogen and oxygen atoms in total. The van der Waals surface area contributed by atoms with Crippen LogP contribution in [0, 0.1) is 11.7 Å². The molecule has 2 unspecified atom stereocenters. The highest BCUT2D eigenvalue weighted by molar-refractivity contribution is 9.10. The molecule has 1 aliphatic heterocycles. The second-order valence-electron chi connectivity index (χ2n) is 4.23. The summed E-state index contributed by atoms with van der Waals surface area (Å²) in [5.41, 5.74) is 6.86. The fourth-order valence-corrected chi connectivity index (χ4v) is 3.68. The SMILES string of the molecule is NC(Cc1ccc(Br)cc1F)C1CCSC1. The fourth-order valence-electron chi connectivity index (χ4n) is 2.00. The van der Waals surface area contributed by atoms with E-state index in [1.807, 2.05) is 23.9 Å². The third-order valence-electron chi connectivity index (χ3n) is 3.04. The van der Waals surface area contributed by atoms with Gasteiger partial charge in [0.1, 0.15) is 5.82 Å². The van der Waals surface area contributed by atoms with E-state index in [9.17, 15) is 4.39 Å². The van der Waals surface area contributed by atoms with Crippen molar-refractivity contribution in [2.45, 2.75) is 18.9 Å². The van der Waals surface area contributed by atoms with E-state index in [0.29, 0.717) is 12.3 Å². The minimum Gasteiger partial charge on any atom is -0.327 e. The molecule has 88 valence electrons. The van der Waals surface area contributed by atoms with E-state index in [-0.39, 0.29) is 11.9 Å². The van der Waals surface area contributed by atoms with Crippen LogP contribution >= 0.6 is 27.7 Å². The number of benzene rings is 1. The van der Waals surface area contributed by atoms with Crippen molar-refractivity contribution in [3.63, 3.8) is 0 Å². The van der Waals surface area contributed by atoms with Gasteiger partial charge in [-0.1, -0.05) is 22.0 Å². The van der Waals surface area contributed by atoms with Gasteiger partial charge in [-0.15, -0.1) is 0 Å². The van der Waals surface area contributed by atoms with Crippen molar-refractivity contribution in [3.8, 4) is 0 Å². The monoisotopic (exact) mass is 303 g/mol. The molecule has 1 saturated heterocycles. The summed E-state index contributed by atoms with van der Waals surface area (Å²) in [5, 5.41) is 0. The summed E-state index contributed by atoms with van der Waals surface area (Å²) in [6, 6.07) is 5.28. The van der Waals surface area contributed by atoms with Gasteiger partial charge in [-0.25, -0.2) is 4.39 Å². The van der Waals surface area contributed by atoms with Crippen molar-refractivity contribution in [1.29, 1.82) is 0 Å². The Morgan fingerprint density at radius 2 is 2.38 bits per heavy atom. The van der Waals surface area contributed by atoms with Crippen LogP contribution in [0.15, 0.2) is 22.7 Å². The Labute approximate surface area is 108 Å². The van der Waals surface area contributed by atoms with E-state index in [0.717, 1.165) is 15.8 Å². The zero-order chi connectivity index (χ0) is 11.5. The third kappa shape index (κ3) is 2.99. The summed E-state index contributed by atoms with van der Waals surface area (Å²) >= 11 is 5.20. The highest BCUT2D eigenvalue weighted by Gasteiger charge is 2.23. The predicted molar refractivity (Wildman–Crippen MR) is 71.2 cm³/mol. The van der Waals surface area contributed by atoms with Crippen molar-refractivity contribution in [2.75, 3.05) is 11.5 Å². The van der Waals surface area contributed by atoms with E-state index < -0.39 is 0 Å². The molecule has 1 aliphatic rings. The molecular weight excluding hydrogens is 289 g/mol. The normalized spacial score (nSPS) is 22.3. The van der Waals surface area contributed by atoms with Crippen LogP contribution in [-0.2, 0) is 6.42 Å². The maximum absolute atomic E-state index is 13.6. The number of hydrogen-bond acceptors (Lipinski definition) is 2. The molecule has 0 aromatic heterocycles. The number of thioether (sulfide) groups is 1. The van der Waals surface area contributed by atoms with E-state index in [4.69, 9.17) is 5.73 Å². The van der Waals surface area contributed by atoms with Gasteiger partial charge in [0.25, 0.3) is 0 Å². The molecular formula is C12H15BrFNS. The summed E-state index contributed by atoms with van der Waals surface area (Å²) in [6.45, 7) is 0. The summed E-state index contributed by atoms with van der Waals surface area (Å²) < 4.78 is 14.4. The van der Waals surface area contributed by atoms with Gasteiger partial charge in [-0.05, 0) is 48.0 Å². The number of rotatable bonds is 3. The highest BCUT2D eigenvalue weighted by Crippen LogP contribution is 2.27. The first-order valence-electron chi connectivity index (χ1n) is 5.44. The average molecular weight is 304 g/mol. The zero-order valence-corrected chi connectivity index (χ0v) is 11.4. The molecule has 1 fully saturated rings. The maximum atomic E-state index is 13.6. The van der Waals surface area contributed by atoms with Crippen LogP contribution in [0.25, 0.3) is 0 Å². The first kappa shape index (κ1) is 12.4. The second-order valence-corrected chi connectivity index (χ2v) is 6.29. The lowest BCUT2D eigenvalue weighted by Gasteiger charge is -2.18. The Kier molecular flexibility index (Phi) is 4.27. The largest absolute Gasteiger partial charge is 0.327 e. The summed E-state index contributed by atoms with van der Waals surface area (Å²) in [4.78, 5) is 0. The minimum atomic E-state index is -0.157. The van der Waals surface area contributed by atoms with Gasteiger partial charge in [-0.2, -0.15) is 11.8 Å². The molecule has 2 rings (SSSR count). The van der Waals surface area contributed by atoms with Crippen LogP contribution in [0.3, 0.4) is 0 Å². The molecule has 0 aliphatic carbocycles. The van der Waals surface area contributed by atoms with Crippen LogP contribution in [-0.4, -0.2) is 17.5 Å². The smallest absolute Gasteiger partial charge is 0.127 e. The highest BCUT2D eigenvalue weighted by atomic mass is 79.9. The van der Waals surface area contributed by atoms with Gasteiger partial charge in [0, 0.05) is 10.5 Å². The quantitative estimate of drug-likeness (QED) is 0.928. The van der Waals surface area contributed by atoms with Crippen LogP contribution in [0.4, 0.5) is 4.39 Å².